The van der Waals surface area contributed by atoms with Gasteiger partial charge in [0, 0.05) is 5.56 Å². The van der Waals surface area contributed by atoms with E-state index in [-0.39, 0.29) is 22.2 Å². The molecule has 1 aromatic carbocycles. The molecule has 0 spiro atoms. The molecular weight excluding hydrogens is 318 g/mol. The van der Waals surface area contributed by atoms with Crippen molar-refractivity contribution in [1.82, 2.24) is 10.6 Å². The van der Waals surface area contributed by atoms with Crippen molar-refractivity contribution in [3.8, 4) is 11.3 Å². The van der Waals surface area contributed by atoms with Gasteiger partial charge < -0.3 is 14.9 Å². The second-order valence-electron chi connectivity index (χ2n) is 4.82. The summed E-state index contributed by atoms with van der Waals surface area (Å²) in [7, 11) is 0. The number of nitrogens with one attached hydrogen (secondary N) is 2. The maximum absolute atomic E-state index is 11.6. The van der Waals surface area contributed by atoms with E-state index in [9.17, 15) is 19.6 Å². The first-order valence-corrected chi connectivity index (χ1v) is 6.69. The van der Waals surface area contributed by atoms with E-state index in [1.54, 1.807) is 18.2 Å². The number of imide groups is 2. The summed E-state index contributed by atoms with van der Waals surface area (Å²) in [6.45, 7) is 0. The lowest BCUT2D eigenvalue weighted by molar-refractivity contribution is -0.123. The van der Waals surface area contributed by atoms with Crippen molar-refractivity contribution in [2.45, 2.75) is 0 Å². The Morgan fingerprint density at radius 2 is 1.79 bits per heavy atom. The Hall–Kier alpha value is -3.43. The molecule has 1 aromatic heterocycles. The second-order valence-corrected chi connectivity index (χ2v) is 4.82. The smallest absolute Gasteiger partial charge is 0.328 e. The number of barbiturate groups is 1. The second kappa shape index (κ2) is 5.99. The maximum atomic E-state index is 11.6. The van der Waals surface area contributed by atoms with E-state index in [0.29, 0.717) is 11.3 Å². The summed E-state index contributed by atoms with van der Waals surface area (Å²) in [6, 6.07) is 8.23. The number of urea groups is 1. The standard InChI is InChI=1S/C15H10N3O6/c19-13-11(14(20)17-15(21)16-13)7-10-4-5-12(24-10)8-2-1-3-9(6-8)18(22)23/h1-7,22H,(H2,16,17,19,20,21)/q-1. The van der Waals surface area contributed by atoms with Gasteiger partial charge in [-0.1, -0.05) is 12.1 Å². The highest BCUT2D eigenvalue weighted by Gasteiger charge is 2.28. The summed E-state index contributed by atoms with van der Waals surface area (Å²) in [5.74, 6) is -1.09. The zero-order valence-corrected chi connectivity index (χ0v) is 12.0. The molecule has 9 heteroatoms. The topological polar surface area (TPSA) is 135 Å². The van der Waals surface area contributed by atoms with E-state index in [1.807, 2.05) is 10.6 Å². The minimum atomic E-state index is -0.884. The Kier molecular flexibility index (Phi) is 3.86. The molecule has 0 aliphatic carbocycles. The first-order valence-electron chi connectivity index (χ1n) is 6.69. The molecule has 9 nitrogen and oxygen atoms in total. The molecule has 0 unspecified atom stereocenters. The molecule has 1 fully saturated rings. The Labute approximate surface area is 134 Å². The van der Waals surface area contributed by atoms with E-state index in [0.717, 1.165) is 0 Å². The average molecular weight is 328 g/mol. The fourth-order valence-electron chi connectivity index (χ4n) is 2.11. The summed E-state index contributed by atoms with van der Waals surface area (Å²) in [6.07, 6.45) is 1.19. The number of hydrogen-bond acceptors (Lipinski definition) is 7. The van der Waals surface area contributed by atoms with Crippen LogP contribution in [-0.2, 0) is 9.59 Å². The molecule has 2 heterocycles. The number of carbonyl (C=O) groups excluding carboxylic acids is 3. The summed E-state index contributed by atoms with van der Waals surface area (Å²) >= 11 is 0. The van der Waals surface area contributed by atoms with Gasteiger partial charge in [-0.2, -0.15) is 0 Å². The van der Waals surface area contributed by atoms with Crippen LogP contribution in [0.25, 0.3) is 17.4 Å². The van der Waals surface area contributed by atoms with Crippen LogP contribution in [0.15, 0.2) is 46.4 Å². The van der Waals surface area contributed by atoms with Crippen molar-refractivity contribution in [3.63, 3.8) is 0 Å². The van der Waals surface area contributed by atoms with Gasteiger partial charge in [0.05, 0.1) is 5.69 Å². The zero-order chi connectivity index (χ0) is 17.3. The van der Waals surface area contributed by atoms with E-state index >= 15 is 0 Å². The van der Waals surface area contributed by atoms with Crippen molar-refractivity contribution in [3.05, 3.63) is 52.9 Å². The van der Waals surface area contributed by atoms with Crippen LogP contribution >= 0.6 is 0 Å². The van der Waals surface area contributed by atoms with Crippen LogP contribution in [0, 0.1) is 5.21 Å². The van der Waals surface area contributed by atoms with Gasteiger partial charge in [0.25, 0.3) is 11.8 Å². The van der Waals surface area contributed by atoms with Crippen LogP contribution in [0.4, 0.5) is 10.5 Å². The van der Waals surface area contributed by atoms with E-state index < -0.39 is 17.8 Å². The summed E-state index contributed by atoms with van der Waals surface area (Å²) in [4.78, 5) is 34.3. The summed E-state index contributed by atoms with van der Waals surface area (Å²) in [5.41, 5.74) is 0.262. The average Bonchev–Trinajstić information content (AvgIpc) is 2.99. The van der Waals surface area contributed by atoms with Crippen molar-refractivity contribution >= 4 is 29.6 Å². The molecule has 24 heavy (non-hydrogen) atoms. The quantitative estimate of drug-likeness (QED) is 0.440. The number of rotatable bonds is 3. The van der Waals surface area contributed by atoms with Crippen molar-refractivity contribution in [2.75, 3.05) is 5.23 Å². The first-order chi connectivity index (χ1) is 11.4. The minimum absolute atomic E-state index is 0.0216. The predicted octanol–water partition coefficient (Wildman–Crippen LogP) is 1.39. The summed E-state index contributed by atoms with van der Waals surface area (Å²) < 4.78 is 5.51. The fourth-order valence-corrected chi connectivity index (χ4v) is 2.11. The van der Waals surface area contributed by atoms with Crippen LogP contribution in [0.1, 0.15) is 5.76 Å². The molecule has 0 saturated carbocycles. The van der Waals surface area contributed by atoms with Gasteiger partial charge in [0.1, 0.15) is 17.1 Å². The Morgan fingerprint density at radius 3 is 2.46 bits per heavy atom. The Morgan fingerprint density at radius 1 is 1.08 bits per heavy atom. The highest BCUT2D eigenvalue weighted by atomic mass is 16.8. The lowest BCUT2D eigenvalue weighted by Crippen LogP contribution is -2.51. The van der Waals surface area contributed by atoms with Crippen molar-refractivity contribution in [1.29, 1.82) is 0 Å². The molecule has 1 aliphatic rings. The van der Waals surface area contributed by atoms with Crippen LogP contribution < -0.4 is 15.9 Å². The third-order valence-corrected chi connectivity index (χ3v) is 3.21. The third kappa shape index (κ3) is 3.02. The largest absolute Gasteiger partial charge is 0.733 e. The molecule has 3 rings (SSSR count). The molecule has 4 amide bonds. The van der Waals surface area contributed by atoms with Crippen molar-refractivity contribution in [2.24, 2.45) is 0 Å². The number of furan rings is 1. The summed E-state index contributed by atoms with van der Waals surface area (Å²) in [5, 5.41) is 23.5. The third-order valence-electron chi connectivity index (χ3n) is 3.21. The lowest BCUT2D eigenvalue weighted by Gasteiger charge is -2.21. The Bertz CT molecular complexity index is 846. The van der Waals surface area contributed by atoms with Gasteiger partial charge in [-0.25, -0.2) is 4.79 Å². The SMILES string of the molecule is O=C1NC(=O)C(=Cc2ccc(-c3cccc(N([O-])O)c3)o2)C(=O)N1. The molecule has 1 aliphatic heterocycles. The molecule has 1 saturated heterocycles. The molecule has 122 valence electrons. The highest BCUT2D eigenvalue weighted by molar-refractivity contribution is 6.31. The van der Waals surface area contributed by atoms with Crippen LogP contribution in [0.2, 0.25) is 0 Å². The molecule has 0 atom stereocenters. The first kappa shape index (κ1) is 15.5. The van der Waals surface area contributed by atoms with Gasteiger partial charge in [0.2, 0.25) is 0 Å². The zero-order valence-electron chi connectivity index (χ0n) is 12.0. The monoisotopic (exact) mass is 328 g/mol. The van der Waals surface area contributed by atoms with E-state index in [4.69, 9.17) is 9.62 Å². The van der Waals surface area contributed by atoms with Gasteiger partial charge in [-0.3, -0.25) is 25.4 Å². The number of hydrogen-bond donors (Lipinski definition) is 3. The van der Waals surface area contributed by atoms with E-state index in [2.05, 4.69) is 0 Å². The van der Waals surface area contributed by atoms with Gasteiger partial charge in [0.15, 0.2) is 0 Å². The van der Waals surface area contributed by atoms with Crippen LogP contribution in [-0.4, -0.2) is 23.1 Å². The normalized spacial score (nSPS) is 14.2. The predicted molar refractivity (Wildman–Crippen MR) is 81.4 cm³/mol. The number of amides is 4. The van der Waals surface area contributed by atoms with Crippen LogP contribution in [0.5, 0.6) is 0 Å². The van der Waals surface area contributed by atoms with Crippen LogP contribution in [0.3, 0.4) is 0 Å². The molecule has 0 radical (unpaired) electrons. The minimum Gasteiger partial charge on any atom is -0.733 e. The molecule has 3 N–H and O–H groups in total. The van der Waals surface area contributed by atoms with Gasteiger partial charge in [-0.05, 0) is 30.3 Å². The number of nitrogens with zero attached hydrogens (tertiary/aromatic N) is 1. The number of carbonyl (C=O) groups is 3. The van der Waals surface area contributed by atoms with Crippen molar-refractivity contribution < 1.29 is 24.0 Å². The van der Waals surface area contributed by atoms with E-state index in [1.165, 1.54) is 24.3 Å². The highest BCUT2D eigenvalue weighted by Crippen LogP contribution is 2.26. The fraction of sp³-hybridized carbons (Fsp3) is 0. The lowest BCUT2D eigenvalue weighted by atomic mass is 10.1. The van der Waals surface area contributed by atoms with Gasteiger partial charge >= 0.3 is 6.03 Å². The number of anilines is 1. The van der Waals surface area contributed by atoms with Gasteiger partial charge in [-0.15, -0.1) is 0 Å². The molecule has 2 aromatic rings. The maximum Gasteiger partial charge on any atom is 0.328 e. The molecular formula is C15H10N3O6-. The number of benzene rings is 1. The molecule has 0 bridgehead atoms. The Balaban J connectivity index is 1.90.